The summed E-state index contributed by atoms with van der Waals surface area (Å²) in [4.78, 5) is 73.1. The summed E-state index contributed by atoms with van der Waals surface area (Å²) in [5.41, 5.74) is 0. The van der Waals surface area contributed by atoms with Crippen LogP contribution in [0.3, 0.4) is 0 Å². The Morgan fingerprint density at radius 3 is 0.745 bits per heavy atom. The molecular weight excluding hydrogens is 1330 g/mol. The Morgan fingerprint density at radius 2 is 0.500 bits per heavy atom. The maximum Gasteiger partial charge on any atom is 0.472 e. The van der Waals surface area contributed by atoms with E-state index in [-0.39, 0.29) is 25.7 Å². The molecule has 102 heavy (non-hydrogen) atoms. The van der Waals surface area contributed by atoms with Crippen molar-refractivity contribution >= 4 is 39.5 Å². The lowest BCUT2D eigenvalue weighted by atomic mass is 9.99. The molecule has 0 amide bonds. The fourth-order valence-electron chi connectivity index (χ4n) is 12.9. The zero-order chi connectivity index (χ0) is 74.9. The second-order valence-corrected chi connectivity index (χ2v) is 33.5. The molecule has 0 aliphatic rings. The Labute approximate surface area is 626 Å². The van der Waals surface area contributed by atoms with Crippen LogP contribution in [0.4, 0.5) is 0 Å². The molecular formula is C83H162O17P2. The van der Waals surface area contributed by atoms with Gasteiger partial charge in [0.2, 0.25) is 0 Å². The average Bonchev–Trinajstić information content (AvgIpc) is 0.918. The van der Waals surface area contributed by atoms with Crippen LogP contribution >= 0.6 is 15.6 Å². The van der Waals surface area contributed by atoms with Crippen molar-refractivity contribution in [1.29, 1.82) is 0 Å². The first-order chi connectivity index (χ1) is 49.4. The van der Waals surface area contributed by atoms with Gasteiger partial charge in [-0.05, 0) is 37.5 Å². The lowest BCUT2D eigenvalue weighted by Crippen LogP contribution is -2.30. The van der Waals surface area contributed by atoms with E-state index in [1.54, 1.807) is 0 Å². The summed E-state index contributed by atoms with van der Waals surface area (Å²) in [6.45, 7) is 9.71. The van der Waals surface area contributed by atoms with Gasteiger partial charge in [0.15, 0.2) is 12.2 Å². The number of hydrogen-bond donors (Lipinski definition) is 3. The van der Waals surface area contributed by atoms with Crippen molar-refractivity contribution < 1.29 is 80.2 Å². The number of carbonyl (C=O) groups is 4. The van der Waals surface area contributed by atoms with Gasteiger partial charge in [-0.15, -0.1) is 0 Å². The van der Waals surface area contributed by atoms with Crippen LogP contribution in [-0.2, 0) is 65.4 Å². The fraction of sp³-hybridized carbons (Fsp3) is 0.952. The molecule has 0 aliphatic carbocycles. The Hall–Kier alpha value is -1.94. The smallest absolute Gasteiger partial charge is 0.462 e. The Morgan fingerprint density at radius 1 is 0.284 bits per heavy atom. The highest BCUT2D eigenvalue weighted by atomic mass is 31.2. The average molecular weight is 1490 g/mol. The molecule has 0 rings (SSSR count). The van der Waals surface area contributed by atoms with Crippen molar-refractivity contribution in [2.24, 2.45) is 11.8 Å². The van der Waals surface area contributed by atoms with Gasteiger partial charge >= 0.3 is 39.5 Å². The van der Waals surface area contributed by atoms with Crippen molar-refractivity contribution in [2.45, 2.75) is 458 Å². The van der Waals surface area contributed by atoms with E-state index in [4.69, 9.17) is 37.0 Å². The third-order valence-corrected chi connectivity index (χ3v) is 21.7. The number of ether oxygens (including phenoxy) is 4. The predicted molar refractivity (Wildman–Crippen MR) is 418 cm³/mol. The molecule has 606 valence electrons. The van der Waals surface area contributed by atoms with Crippen LogP contribution < -0.4 is 0 Å². The van der Waals surface area contributed by atoms with E-state index in [0.717, 1.165) is 102 Å². The van der Waals surface area contributed by atoms with Crippen LogP contribution in [0.2, 0.25) is 0 Å². The van der Waals surface area contributed by atoms with E-state index in [1.165, 1.54) is 257 Å². The van der Waals surface area contributed by atoms with Crippen molar-refractivity contribution in [1.82, 2.24) is 0 Å². The molecule has 3 N–H and O–H groups in total. The van der Waals surface area contributed by atoms with Gasteiger partial charge in [0, 0.05) is 25.7 Å². The van der Waals surface area contributed by atoms with E-state index in [1.807, 2.05) is 0 Å². The number of phosphoric acid groups is 2. The molecule has 0 spiro atoms. The van der Waals surface area contributed by atoms with Crippen LogP contribution in [0, 0.1) is 11.8 Å². The van der Waals surface area contributed by atoms with Crippen LogP contribution in [0.5, 0.6) is 0 Å². The van der Waals surface area contributed by atoms with Crippen molar-refractivity contribution in [3.63, 3.8) is 0 Å². The Balaban J connectivity index is 5.26. The minimum Gasteiger partial charge on any atom is -0.462 e. The minimum atomic E-state index is -4.96. The highest BCUT2D eigenvalue weighted by Crippen LogP contribution is 2.45. The van der Waals surface area contributed by atoms with Crippen LogP contribution in [0.25, 0.3) is 0 Å². The normalized spacial score (nSPS) is 14.1. The number of carbonyl (C=O) groups excluding carboxylic acids is 4. The molecule has 19 heteroatoms. The monoisotopic (exact) mass is 1490 g/mol. The summed E-state index contributed by atoms with van der Waals surface area (Å²) in [5.74, 6) is -0.493. The Bertz CT molecular complexity index is 1960. The van der Waals surface area contributed by atoms with Crippen LogP contribution in [-0.4, -0.2) is 96.7 Å². The van der Waals surface area contributed by atoms with Crippen LogP contribution in [0.1, 0.15) is 440 Å². The molecule has 3 unspecified atom stereocenters. The molecule has 0 aromatic heterocycles. The molecule has 17 nitrogen and oxygen atoms in total. The molecule has 0 aromatic rings. The summed E-state index contributed by atoms with van der Waals surface area (Å²) >= 11 is 0. The zero-order valence-corrected chi connectivity index (χ0v) is 68.7. The predicted octanol–water partition coefficient (Wildman–Crippen LogP) is 25.1. The van der Waals surface area contributed by atoms with Gasteiger partial charge in [0.1, 0.15) is 19.3 Å². The quantitative estimate of drug-likeness (QED) is 0.0222. The summed E-state index contributed by atoms with van der Waals surface area (Å²) in [6, 6.07) is 0. The van der Waals surface area contributed by atoms with Crippen molar-refractivity contribution in [3.05, 3.63) is 0 Å². The standard InChI is InChI=1S/C83H162O17P2/c1-7-10-12-14-16-18-20-22-23-24-25-26-30-36-42-48-54-60-66-81(86)94-72-78(99-82(87)67-61-55-49-43-37-31-28-27-29-34-40-46-52-58-64-76(6)9-3)73-97-101(89,90)95-69-77(84)70-96-102(91,92)98-74-79(71-93-80(85)65-59-53-47-41-35-21-19-17-15-13-11-8-2)100-83(88)68-62-56-50-44-38-32-33-39-45-51-57-63-75(4)5/h75-79,84H,7-74H2,1-6H3,(H,89,90)(H,91,92)/t76?,77-,78-,79-/m1/s1. The van der Waals surface area contributed by atoms with Gasteiger partial charge in [-0.3, -0.25) is 37.3 Å². The van der Waals surface area contributed by atoms with Gasteiger partial charge in [-0.1, -0.05) is 388 Å². The van der Waals surface area contributed by atoms with Crippen molar-refractivity contribution in [3.8, 4) is 0 Å². The van der Waals surface area contributed by atoms with E-state index in [9.17, 15) is 43.2 Å². The van der Waals surface area contributed by atoms with E-state index in [0.29, 0.717) is 25.7 Å². The molecule has 0 saturated carbocycles. The van der Waals surface area contributed by atoms with Gasteiger partial charge in [0.25, 0.3) is 0 Å². The van der Waals surface area contributed by atoms with E-state index in [2.05, 4.69) is 41.5 Å². The van der Waals surface area contributed by atoms with E-state index < -0.39 is 97.5 Å². The molecule has 6 atom stereocenters. The van der Waals surface area contributed by atoms with Gasteiger partial charge < -0.3 is 33.8 Å². The fourth-order valence-corrected chi connectivity index (χ4v) is 14.4. The topological polar surface area (TPSA) is 237 Å². The van der Waals surface area contributed by atoms with Crippen LogP contribution in [0.15, 0.2) is 0 Å². The minimum absolute atomic E-state index is 0.107. The third kappa shape index (κ3) is 74.9. The number of phosphoric ester groups is 2. The number of rotatable bonds is 82. The largest absolute Gasteiger partial charge is 0.472 e. The number of aliphatic hydroxyl groups excluding tert-OH is 1. The summed E-state index contributed by atoms with van der Waals surface area (Å²) < 4.78 is 68.8. The summed E-state index contributed by atoms with van der Waals surface area (Å²) in [6.07, 6.45) is 65.0. The molecule has 0 aromatic carbocycles. The maximum absolute atomic E-state index is 13.1. The van der Waals surface area contributed by atoms with E-state index >= 15 is 0 Å². The number of aliphatic hydroxyl groups is 1. The lowest BCUT2D eigenvalue weighted by Gasteiger charge is -2.21. The van der Waals surface area contributed by atoms with Gasteiger partial charge in [-0.25, -0.2) is 9.13 Å². The molecule has 0 fully saturated rings. The number of esters is 4. The molecule has 0 heterocycles. The molecule has 0 saturated heterocycles. The maximum atomic E-state index is 13.1. The molecule has 0 radical (unpaired) electrons. The van der Waals surface area contributed by atoms with Crippen molar-refractivity contribution in [2.75, 3.05) is 39.6 Å². The second-order valence-electron chi connectivity index (χ2n) is 30.6. The molecule has 0 aliphatic heterocycles. The van der Waals surface area contributed by atoms with Gasteiger partial charge in [0.05, 0.1) is 26.4 Å². The SMILES string of the molecule is CCCCCCCCCCCCCCCCCCCCC(=O)OC[C@H](COP(=O)(O)OC[C@@H](O)COP(=O)(O)OC[C@@H](COC(=O)CCCCCCCCCCCCCC)OC(=O)CCCCCCCCCCCCCC(C)C)OC(=O)CCCCCCCCCCCCCCCCC(C)CC. The number of unbranched alkanes of at least 4 members (excludes halogenated alkanes) is 51. The Kier molecular flexibility index (Phi) is 73.1. The first-order valence-corrected chi connectivity index (χ1v) is 46.0. The first kappa shape index (κ1) is 100. The van der Waals surface area contributed by atoms with Gasteiger partial charge in [-0.2, -0.15) is 0 Å². The number of hydrogen-bond acceptors (Lipinski definition) is 15. The first-order valence-electron chi connectivity index (χ1n) is 43.0. The summed E-state index contributed by atoms with van der Waals surface area (Å²) in [5, 5.41) is 10.7. The lowest BCUT2D eigenvalue weighted by molar-refractivity contribution is -0.161. The zero-order valence-electron chi connectivity index (χ0n) is 66.9. The third-order valence-electron chi connectivity index (χ3n) is 19.8. The highest BCUT2D eigenvalue weighted by Gasteiger charge is 2.30. The highest BCUT2D eigenvalue weighted by molar-refractivity contribution is 7.47. The summed E-state index contributed by atoms with van der Waals surface area (Å²) in [7, 11) is -9.92. The molecule has 0 bridgehead atoms. The second kappa shape index (κ2) is 74.5.